The monoisotopic (exact) mass is 284 g/mol. The number of nitrogens with one attached hydrogen (secondary N) is 1. The maximum absolute atomic E-state index is 4.14. The Morgan fingerprint density at radius 3 is 2.81 bits per heavy atom. The fourth-order valence-corrected chi connectivity index (χ4v) is 2.00. The quantitative estimate of drug-likeness (QED) is 0.772. The molecule has 0 atom stereocenters. The zero-order chi connectivity index (χ0) is 11.8. The van der Waals surface area contributed by atoms with Crippen LogP contribution in [0.25, 0.3) is 0 Å². The molecule has 0 aliphatic carbocycles. The van der Waals surface area contributed by atoms with Gasteiger partial charge in [0.1, 0.15) is 0 Å². The lowest BCUT2D eigenvalue weighted by atomic mass is 10.1. The second-order valence-corrected chi connectivity index (χ2v) is 5.49. The minimum Gasteiger partial charge on any atom is -0.313 e. The molecule has 0 aromatic carbocycles. The van der Waals surface area contributed by atoms with Crippen LogP contribution in [0.1, 0.15) is 38.7 Å². The van der Waals surface area contributed by atoms with E-state index < -0.39 is 0 Å². The topological polar surface area (TPSA) is 24.9 Å². The molecule has 2 nitrogen and oxygen atoms in total. The van der Waals surface area contributed by atoms with Gasteiger partial charge >= 0.3 is 0 Å². The van der Waals surface area contributed by atoms with E-state index in [9.17, 15) is 0 Å². The van der Waals surface area contributed by atoms with Gasteiger partial charge in [0, 0.05) is 23.4 Å². The summed E-state index contributed by atoms with van der Waals surface area (Å²) in [6.45, 7) is 6.56. The van der Waals surface area contributed by atoms with Crippen molar-refractivity contribution in [2.45, 2.75) is 39.7 Å². The second-order valence-electron chi connectivity index (χ2n) is 4.58. The highest BCUT2D eigenvalue weighted by atomic mass is 79.9. The van der Waals surface area contributed by atoms with Crippen molar-refractivity contribution in [1.82, 2.24) is 10.3 Å². The van der Waals surface area contributed by atoms with Crippen LogP contribution in [0.4, 0.5) is 0 Å². The molecular formula is C13H21BrN2. The summed E-state index contributed by atoms with van der Waals surface area (Å²) in [5.74, 6) is 0.828. The summed E-state index contributed by atoms with van der Waals surface area (Å²) in [6, 6.07) is 2.11. The van der Waals surface area contributed by atoms with E-state index in [1.54, 1.807) is 0 Å². The van der Waals surface area contributed by atoms with E-state index in [2.05, 4.69) is 46.1 Å². The zero-order valence-corrected chi connectivity index (χ0v) is 11.8. The summed E-state index contributed by atoms with van der Waals surface area (Å²) in [5, 5.41) is 3.44. The van der Waals surface area contributed by atoms with Crippen LogP contribution in [0.2, 0.25) is 0 Å². The molecule has 1 heterocycles. The number of pyridine rings is 1. The summed E-state index contributed by atoms with van der Waals surface area (Å²) < 4.78 is 1.05. The zero-order valence-electron chi connectivity index (χ0n) is 10.2. The van der Waals surface area contributed by atoms with Gasteiger partial charge in [-0.3, -0.25) is 4.98 Å². The summed E-state index contributed by atoms with van der Waals surface area (Å²) in [4.78, 5) is 4.14. The first-order chi connectivity index (χ1) is 7.68. The molecule has 0 bridgehead atoms. The molecule has 0 aliphatic heterocycles. The van der Waals surface area contributed by atoms with E-state index in [4.69, 9.17) is 0 Å². The number of halogens is 1. The molecule has 0 aliphatic rings. The second kappa shape index (κ2) is 7.80. The predicted octanol–water partition coefficient (Wildman–Crippen LogP) is 3.76. The molecule has 1 rings (SSSR count). The Morgan fingerprint density at radius 1 is 1.31 bits per heavy atom. The molecule has 16 heavy (non-hydrogen) atoms. The first-order valence-corrected chi connectivity index (χ1v) is 6.78. The Bertz CT molecular complexity index is 300. The minimum atomic E-state index is 0.828. The first kappa shape index (κ1) is 13.7. The van der Waals surface area contributed by atoms with Gasteiger partial charge in [0.05, 0.1) is 0 Å². The van der Waals surface area contributed by atoms with Crippen molar-refractivity contribution < 1.29 is 0 Å². The standard InChI is InChI=1S/C13H21BrN2/c1-11(2)5-3-4-6-15-8-12-7-13(14)10-16-9-12/h7,9-11,15H,3-6,8H2,1-2H3. The molecule has 0 unspecified atom stereocenters. The van der Waals surface area contributed by atoms with Crippen LogP contribution >= 0.6 is 15.9 Å². The molecule has 0 fully saturated rings. The van der Waals surface area contributed by atoms with Gasteiger partial charge < -0.3 is 5.32 Å². The van der Waals surface area contributed by atoms with Crippen molar-refractivity contribution in [3.05, 3.63) is 28.5 Å². The van der Waals surface area contributed by atoms with Crippen LogP contribution < -0.4 is 5.32 Å². The average molecular weight is 285 g/mol. The number of aromatic nitrogens is 1. The molecule has 1 N–H and O–H groups in total. The molecule has 0 amide bonds. The number of hydrogen-bond acceptors (Lipinski definition) is 2. The Hall–Kier alpha value is -0.410. The van der Waals surface area contributed by atoms with Gasteiger partial charge in [0.15, 0.2) is 0 Å². The molecule has 0 saturated heterocycles. The normalized spacial score (nSPS) is 11.0. The first-order valence-electron chi connectivity index (χ1n) is 5.98. The van der Waals surface area contributed by atoms with Crippen LogP contribution in [0.15, 0.2) is 22.9 Å². The molecular weight excluding hydrogens is 264 g/mol. The fourth-order valence-electron chi connectivity index (χ4n) is 1.59. The molecule has 1 aromatic heterocycles. The van der Waals surface area contributed by atoms with Crippen molar-refractivity contribution in [3.8, 4) is 0 Å². The van der Waals surface area contributed by atoms with Gasteiger partial charge in [-0.1, -0.05) is 26.7 Å². The van der Waals surface area contributed by atoms with Crippen molar-refractivity contribution >= 4 is 15.9 Å². The Balaban J connectivity index is 2.07. The molecule has 3 heteroatoms. The highest BCUT2D eigenvalue weighted by molar-refractivity contribution is 9.10. The third-order valence-corrected chi connectivity index (χ3v) is 2.91. The fraction of sp³-hybridized carbons (Fsp3) is 0.615. The Labute approximate surface area is 107 Å². The molecule has 0 radical (unpaired) electrons. The Morgan fingerprint density at radius 2 is 2.12 bits per heavy atom. The maximum Gasteiger partial charge on any atom is 0.0410 e. The number of hydrogen-bond donors (Lipinski definition) is 1. The van der Waals surface area contributed by atoms with Gasteiger partial charge in [0.25, 0.3) is 0 Å². The van der Waals surface area contributed by atoms with Gasteiger partial charge in [-0.05, 0) is 46.4 Å². The summed E-state index contributed by atoms with van der Waals surface area (Å²) >= 11 is 3.42. The van der Waals surface area contributed by atoms with Crippen LogP contribution in [0.5, 0.6) is 0 Å². The summed E-state index contributed by atoms with van der Waals surface area (Å²) in [5.41, 5.74) is 1.23. The minimum absolute atomic E-state index is 0.828. The summed E-state index contributed by atoms with van der Waals surface area (Å²) in [6.07, 6.45) is 7.64. The predicted molar refractivity (Wildman–Crippen MR) is 72.3 cm³/mol. The van der Waals surface area contributed by atoms with Crippen molar-refractivity contribution in [3.63, 3.8) is 0 Å². The lowest BCUT2D eigenvalue weighted by Gasteiger charge is -2.06. The summed E-state index contributed by atoms with van der Waals surface area (Å²) in [7, 11) is 0. The largest absolute Gasteiger partial charge is 0.313 e. The van der Waals surface area contributed by atoms with Gasteiger partial charge in [-0.25, -0.2) is 0 Å². The number of rotatable bonds is 7. The highest BCUT2D eigenvalue weighted by Gasteiger charge is 1.96. The maximum atomic E-state index is 4.14. The van der Waals surface area contributed by atoms with E-state index in [0.29, 0.717) is 0 Å². The molecule has 0 spiro atoms. The van der Waals surface area contributed by atoms with E-state index in [-0.39, 0.29) is 0 Å². The van der Waals surface area contributed by atoms with E-state index in [1.165, 1.54) is 24.8 Å². The van der Waals surface area contributed by atoms with E-state index in [0.717, 1.165) is 23.5 Å². The van der Waals surface area contributed by atoms with Crippen molar-refractivity contribution in [2.24, 2.45) is 5.92 Å². The number of unbranched alkanes of at least 4 members (excludes halogenated alkanes) is 1. The molecule has 0 saturated carbocycles. The smallest absolute Gasteiger partial charge is 0.0410 e. The van der Waals surface area contributed by atoms with Crippen LogP contribution in [0, 0.1) is 5.92 Å². The van der Waals surface area contributed by atoms with E-state index >= 15 is 0 Å². The van der Waals surface area contributed by atoms with Gasteiger partial charge in [0.2, 0.25) is 0 Å². The number of nitrogens with zero attached hydrogens (tertiary/aromatic N) is 1. The molecule has 90 valence electrons. The Kier molecular flexibility index (Phi) is 6.65. The lowest BCUT2D eigenvalue weighted by molar-refractivity contribution is 0.520. The van der Waals surface area contributed by atoms with Crippen LogP contribution in [-0.4, -0.2) is 11.5 Å². The van der Waals surface area contributed by atoms with Gasteiger partial charge in [-0.15, -0.1) is 0 Å². The van der Waals surface area contributed by atoms with Crippen LogP contribution in [-0.2, 0) is 6.54 Å². The third kappa shape index (κ3) is 6.23. The van der Waals surface area contributed by atoms with E-state index in [1.807, 2.05) is 12.4 Å². The SMILES string of the molecule is CC(C)CCCCNCc1cncc(Br)c1. The highest BCUT2D eigenvalue weighted by Crippen LogP contribution is 2.09. The lowest BCUT2D eigenvalue weighted by Crippen LogP contribution is -2.14. The van der Waals surface area contributed by atoms with Crippen LogP contribution in [0.3, 0.4) is 0 Å². The molecule has 1 aromatic rings. The van der Waals surface area contributed by atoms with Crippen molar-refractivity contribution in [2.75, 3.05) is 6.54 Å². The van der Waals surface area contributed by atoms with Gasteiger partial charge in [-0.2, -0.15) is 0 Å². The van der Waals surface area contributed by atoms with Crippen molar-refractivity contribution in [1.29, 1.82) is 0 Å². The average Bonchev–Trinajstić information content (AvgIpc) is 2.23. The third-order valence-electron chi connectivity index (χ3n) is 2.48.